The molecule has 0 unspecified atom stereocenters. The summed E-state index contributed by atoms with van der Waals surface area (Å²) in [4.78, 5) is 21.5. The van der Waals surface area contributed by atoms with Crippen LogP contribution in [0.2, 0.25) is 0 Å². The molecule has 0 spiro atoms. The molecule has 1 aromatic carbocycles. The summed E-state index contributed by atoms with van der Waals surface area (Å²) < 4.78 is 32.4. The summed E-state index contributed by atoms with van der Waals surface area (Å²) in [7, 11) is -4.38. The number of ether oxygens (including phenoxy) is 1. The van der Waals surface area contributed by atoms with Gasteiger partial charge < -0.3 is 20.3 Å². The second kappa shape index (κ2) is 8.35. The van der Waals surface area contributed by atoms with Gasteiger partial charge in [0.05, 0.1) is 6.42 Å². The summed E-state index contributed by atoms with van der Waals surface area (Å²) in [5.41, 5.74) is -0.647. The van der Waals surface area contributed by atoms with Crippen LogP contribution in [0, 0.1) is 5.41 Å². The first-order chi connectivity index (χ1) is 12.2. The molecule has 5 N–H and O–H groups in total. The normalized spacial score (nSPS) is 12.9. The number of hydrogen-bond donors (Lipinski definition) is 5. The molecule has 0 fully saturated rings. The zero-order valence-electron chi connectivity index (χ0n) is 15.4. The number of aromatic hydroxyl groups is 1. The molecule has 1 atom stereocenters. The smallest absolute Gasteiger partial charge is 0.305 e. The van der Waals surface area contributed by atoms with Crippen molar-refractivity contribution < 1.29 is 33.0 Å². The summed E-state index contributed by atoms with van der Waals surface area (Å²) in [5.74, 6) is -2.96. The summed E-state index contributed by atoms with van der Waals surface area (Å²) in [5, 5.41) is 29.3. The number of phenols is 1. The average Bonchev–Trinajstić information content (AvgIpc) is 2.42. The highest BCUT2D eigenvalue weighted by atomic mass is 32.2. The molecule has 11 heteroatoms. The van der Waals surface area contributed by atoms with E-state index >= 15 is 0 Å². The van der Waals surface area contributed by atoms with Crippen molar-refractivity contribution in [3.63, 3.8) is 0 Å². The minimum atomic E-state index is -4.38. The zero-order chi connectivity index (χ0) is 21.0. The van der Waals surface area contributed by atoms with Crippen LogP contribution in [0.15, 0.2) is 23.1 Å². The maximum atomic E-state index is 12.5. The molecule has 0 radical (unpaired) electrons. The van der Waals surface area contributed by atoms with Crippen LogP contribution >= 0.6 is 0 Å². The lowest BCUT2D eigenvalue weighted by Gasteiger charge is -2.26. The van der Waals surface area contributed by atoms with E-state index in [4.69, 9.17) is 15.3 Å². The van der Waals surface area contributed by atoms with E-state index in [-0.39, 0.29) is 5.69 Å². The Labute approximate surface area is 157 Å². The molecule has 0 saturated heterocycles. The molecule has 0 bridgehead atoms. The van der Waals surface area contributed by atoms with Crippen molar-refractivity contribution in [2.45, 2.75) is 50.7 Å². The van der Waals surface area contributed by atoms with Gasteiger partial charge in [-0.05, 0) is 32.9 Å². The SMILES string of the molecule is CC(=O)Nc1ccc(S(=O)(=O)N[C@@H](CC(=O)O)C(=N)OC(C)(C)C)c(O)c1. The lowest BCUT2D eigenvalue weighted by atomic mass is 10.1. The first kappa shape index (κ1) is 22.4. The third kappa shape index (κ3) is 7.23. The summed E-state index contributed by atoms with van der Waals surface area (Å²) >= 11 is 0. The third-order valence-corrected chi connectivity index (χ3v) is 4.50. The van der Waals surface area contributed by atoms with Gasteiger partial charge in [0, 0.05) is 18.7 Å². The van der Waals surface area contributed by atoms with Crippen molar-refractivity contribution in [3.8, 4) is 5.75 Å². The van der Waals surface area contributed by atoms with Gasteiger partial charge in [0.15, 0.2) is 5.90 Å². The monoisotopic (exact) mass is 401 g/mol. The van der Waals surface area contributed by atoms with Crippen LogP contribution in [0.3, 0.4) is 0 Å². The number of carboxylic acids is 1. The Kier molecular flexibility index (Phi) is 6.93. The van der Waals surface area contributed by atoms with E-state index in [0.717, 1.165) is 12.1 Å². The van der Waals surface area contributed by atoms with Gasteiger partial charge in [0.2, 0.25) is 15.9 Å². The molecule has 0 aliphatic carbocycles. The Hall–Kier alpha value is -2.66. The van der Waals surface area contributed by atoms with Crippen LogP contribution in [0.4, 0.5) is 5.69 Å². The van der Waals surface area contributed by atoms with E-state index in [9.17, 15) is 23.1 Å². The van der Waals surface area contributed by atoms with E-state index < -0.39 is 56.5 Å². The number of hydrogen-bond acceptors (Lipinski definition) is 7. The lowest BCUT2D eigenvalue weighted by Crippen LogP contribution is -2.45. The zero-order valence-corrected chi connectivity index (χ0v) is 16.2. The van der Waals surface area contributed by atoms with Gasteiger partial charge in [-0.1, -0.05) is 0 Å². The minimum Gasteiger partial charge on any atom is -0.506 e. The number of carbonyl (C=O) groups excluding carboxylic acids is 1. The summed E-state index contributed by atoms with van der Waals surface area (Å²) in [6.07, 6.45) is -0.723. The van der Waals surface area contributed by atoms with Crippen LogP contribution in [0.25, 0.3) is 0 Å². The molecule has 1 aromatic rings. The molecule has 0 aliphatic rings. The predicted octanol–water partition coefficient (Wildman–Crippen LogP) is 1.26. The second-order valence-electron chi connectivity index (χ2n) is 6.71. The standard InChI is InChI=1S/C16H23N3O7S/c1-9(20)18-10-5-6-13(12(21)7-10)27(24,25)19-11(8-14(22)23)15(17)26-16(2,3)4/h5-7,11,17,19,21H,8H2,1-4H3,(H,18,20)(H,22,23)/t11-/m0/s1. The Morgan fingerprint density at radius 3 is 2.33 bits per heavy atom. The van der Waals surface area contributed by atoms with Gasteiger partial charge in [-0.25, -0.2) is 8.42 Å². The van der Waals surface area contributed by atoms with Crippen molar-refractivity contribution in [1.82, 2.24) is 4.72 Å². The molecule has 0 heterocycles. The number of carbonyl (C=O) groups is 2. The van der Waals surface area contributed by atoms with Gasteiger partial charge in [-0.15, -0.1) is 0 Å². The van der Waals surface area contributed by atoms with E-state index in [1.54, 1.807) is 20.8 Å². The van der Waals surface area contributed by atoms with Crippen molar-refractivity contribution in [2.24, 2.45) is 0 Å². The molecule has 1 rings (SSSR count). The van der Waals surface area contributed by atoms with E-state index in [0.29, 0.717) is 0 Å². The molecule has 0 aromatic heterocycles. The molecule has 150 valence electrons. The number of benzene rings is 1. The lowest BCUT2D eigenvalue weighted by molar-refractivity contribution is -0.137. The van der Waals surface area contributed by atoms with Gasteiger partial charge in [0.25, 0.3) is 0 Å². The van der Waals surface area contributed by atoms with Crippen molar-refractivity contribution in [1.29, 1.82) is 5.41 Å². The quantitative estimate of drug-likeness (QED) is 0.339. The second-order valence-corrected chi connectivity index (χ2v) is 8.40. The first-order valence-electron chi connectivity index (χ1n) is 7.83. The summed E-state index contributed by atoms with van der Waals surface area (Å²) in [6, 6.07) is 1.88. The van der Waals surface area contributed by atoms with E-state index in [1.807, 2.05) is 0 Å². The van der Waals surface area contributed by atoms with Gasteiger partial charge in [-0.3, -0.25) is 15.0 Å². The molecule has 0 saturated carbocycles. The van der Waals surface area contributed by atoms with Gasteiger partial charge in [0.1, 0.15) is 22.3 Å². The topological polar surface area (TPSA) is 166 Å². The predicted molar refractivity (Wildman–Crippen MR) is 97.3 cm³/mol. The average molecular weight is 401 g/mol. The Bertz CT molecular complexity index is 844. The Morgan fingerprint density at radius 1 is 1.30 bits per heavy atom. The Morgan fingerprint density at radius 2 is 1.89 bits per heavy atom. The maximum absolute atomic E-state index is 12.5. The molecular formula is C16H23N3O7S. The van der Waals surface area contributed by atoms with Crippen LogP contribution in [0.1, 0.15) is 34.1 Å². The number of rotatable bonds is 7. The van der Waals surface area contributed by atoms with E-state index in [1.165, 1.54) is 13.0 Å². The molecule has 10 nitrogen and oxygen atoms in total. The number of carboxylic acid groups (broad SMARTS) is 1. The maximum Gasteiger partial charge on any atom is 0.305 e. The minimum absolute atomic E-state index is 0.185. The van der Waals surface area contributed by atoms with Crippen molar-refractivity contribution >= 4 is 33.5 Å². The fourth-order valence-electron chi connectivity index (χ4n) is 2.04. The highest BCUT2D eigenvalue weighted by Gasteiger charge is 2.30. The number of nitrogens with one attached hydrogen (secondary N) is 3. The van der Waals surface area contributed by atoms with Crippen molar-refractivity contribution in [3.05, 3.63) is 18.2 Å². The fraction of sp³-hybridized carbons (Fsp3) is 0.438. The molecule has 1 amide bonds. The molecule has 0 aliphatic heterocycles. The van der Waals surface area contributed by atoms with Crippen LogP contribution in [-0.2, 0) is 24.3 Å². The van der Waals surface area contributed by atoms with Crippen LogP contribution in [0.5, 0.6) is 5.75 Å². The largest absolute Gasteiger partial charge is 0.506 e. The number of phenolic OH excluding ortho intramolecular Hbond substituents is 1. The van der Waals surface area contributed by atoms with Gasteiger partial charge >= 0.3 is 5.97 Å². The number of aliphatic carboxylic acids is 1. The van der Waals surface area contributed by atoms with Gasteiger partial charge in [-0.2, -0.15) is 4.72 Å². The summed E-state index contributed by atoms with van der Waals surface area (Å²) in [6.45, 7) is 6.13. The molecular weight excluding hydrogens is 378 g/mol. The van der Waals surface area contributed by atoms with Crippen molar-refractivity contribution in [2.75, 3.05) is 5.32 Å². The number of amides is 1. The highest BCUT2D eigenvalue weighted by molar-refractivity contribution is 7.89. The number of sulfonamides is 1. The Balaban J connectivity index is 3.14. The fourth-order valence-corrected chi connectivity index (χ4v) is 3.31. The van der Waals surface area contributed by atoms with Crippen LogP contribution in [-0.4, -0.2) is 48.0 Å². The number of anilines is 1. The molecule has 27 heavy (non-hydrogen) atoms. The third-order valence-electron chi connectivity index (χ3n) is 2.98. The van der Waals surface area contributed by atoms with E-state index in [2.05, 4.69) is 10.0 Å². The highest BCUT2D eigenvalue weighted by Crippen LogP contribution is 2.26. The first-order valence-corrected chi connectivity index (χ1v) is 9.32. The van der Waals surface area contributed by atoms with Crippen LogP contribution < -0.4 is 10.0 Å².